The molecule has 0 aliphatic carbocycles. The minimum absolute atomic E-state index is 0.0192. The van der Waals surface area contributed by atoms with Crippen LogP contribution in [0.25, 0.3) is 0 Å². The molecule has 0 saturated heterocycles. The fraction of sp³-hybridized carbons (Fsp3) is 0.538. The molecule has 1 unspecified atom stereocenters. The molecule has 0 aliphatic rings. The molecule has 0 amide bonds. The monoisotopic (exact) mass is 248 g/mol. The highest BCUT2D eigenvalue weighted by atomic mass is 28.3. The Morgan fingerprint density at radius 2 is 2.06 bits per heavy atom. The van der Waals surface area contributed by atoms with Crippen molar-refractivity contribution in [1.29, 1.82) is 5.26 Å². The SMILES string of the molecule is C[SiH](C)OC(c1ccnc(C#N)c1)C(C)(C)C. The van der Waals surface area contributed by atoms with Crippen molar-refractivity contribution in [2.45, 2.75) is 40.0 Å². The van der Waals surface area contributed by atoms with Crippen molar-refractivity contribution >= 4 is 9.04 Å². The standard InChI is InChI=1S/C13H20N2OSi/c1-13(2,3)12(16-17(4)5)10-6-7-15-11(8-10)9-14/h6-8,12,17H,1-5H3. The summed E-state index contributed by atoms with van der Waals surface area (Å²) in [6, 6.07) is 5.84. The second kappa shape index (κ2) is 5.43. The Morgan fingerprint density at radius 3 is 2.53 bits per heavy atom. The van der Waals surface area contributed by atoms with Crippen LogP contribution >= 0.6 is 0 Å². The molecule has 0 aromatic carbocycles. The maximum atomic E-state index is 8.88. The van der Waals surface area contributed by atoms with E-state index in [2.05, 4.69) is 44.9 Å². The van der Waals surface area contributed by atoms with E-state index in [1.807, 2.05) is 12.1 Å². The first-order valence-electron chi connectivity index (χ1n) is 5.86. The van der Waals surface area contributed by atoms with E-state index in [1.54, 1.807) is 6.20 Å². The maximum absolute atomic E-state index is 8.88. The Kier molecular flexibility index (Phi) is 4.44. The van der Waals surface area contributed by atoms with Gasteiger partial charge in [-0.15, -0.1) is 0 Å². The van der Waals surface area contributed by atoms with Gasteiger partial charge in [0.25, 0.3) is 0 Å². The summed E-state index contributed by atoms with van der Waals surface area (Å²) in [6.07, 6.45) is 1.71. The van der Waals surface area contributed by atoms with Crippen LogP contribution in [-0.4, -0.2) is 14.0 Å². The van der Waals surface area contributed by atoms with Crippen LogP contribution in [0.3, 0.4) is 0 Å². The first-order chi connectivity index (χ1) is 7.84. The van der Waals surface area contributed by atoms with Crippen molar-refractivity contribution < 1.29 is 4.43 Å². The fourth-order valence-electron chi connectivity index (χ4n) is 1.73. The summed E-state index contributed by atoms with van der Waals surface area (Å²) < 4.78 is 6.10. The van der Waals surface area contributed by atoms with Gasteiger partial charge in [0, 0.05) is 6.20 Å². The van der Waals surface area contributed by atoms with E-state index >= 15 is 0 Å². The third-order valence-electron chi connectivity index (χ3n) is 2.40. The zero-order chi connectivity index (χ0) is 13.1. The summed E-state index contributed by atoms with van der Waals surface area (Å²) in [4.78, 5) is 4.00. The number of nitriles is 1. The van der Waals surface area contributed by atoms with E-state index in [0.717, 1.165) is 5.56 Å². The third-order valence-corrected chi connectivity index (χ3v) is 3.21. The molecule has 0 radical (unpaired) electrons. The largest absolute Gasteiger partial charge is 0.413 e. The lowest BCUT2D eigenvalue weighted by Crippen LogP contribution is -2.26. The van der Waals surface area contributed by atoms with Gasteiger partial charge in [0.1, 0.15) is 11.8 Å². The summed E-state index contributed by atoms with van der Waals surface area (Å²) in [6.45, 7) is 10.8. The molecule has 0 bridgehead atoms. The minimum atomic E-state index is -1.13. The van der Waals surface area contributed by atoms with Gasteiger partial charge in [0.2, 0.25) is 0 Å². The molecule has 3 nitrogen and oxygen atoms in total. The molecule has 0 N–H and O–H groups in total. The molecule has 1 heterocycles. The third kappa shape index (κ3) is 3.95. The second-order valence-corrected chi connectivity index (χ2v) is 7.89. The van der Waals surface area contributed by atoms with Crippen molar-refractivity contribution in [3.63, 3.8) is 0 Å². The van der Waals surface area contributed by atoms with Gasteiger partial charge in [0.15, 0.2) is 9.04 Å². The lowest BCUT2D eigenvalue weighted by atomic mass is 9.85. The van der Waals surface area contributed by atoms with Crippen LogP contribution in [0, 0.1) is 16.7 Å². The van der Waals surface area contributed by atoms with Crippen molar-refractivity contribution in [3.05, 3.63) is 29.6 Å². The van der Waals surface area contributed by atoms with Gasteiger partial charge in [0.05, 0.1) is 6.10 Å². The van der Waals surface area contributed by atoms with E-state index in [-0.39, 0.29) is 11.5 Å². The molecule has 1 aromatic rings. The summed E-state index contributed by atoms with van der Waals surface area (Å²) >= 11 is 0. The van der Waals surface area contributed by atoms with Crippen LogP contribution in [-0.2, 0) is 4.43 Å². The van der Waals surface area contributed by atoms with Crippen LogP contribution in [0.5, 0.6) is 0 Å². The molecule has 92 valence electrons. The van der Waals surface area contributed by atoms with Crippen molar-refractivity contribution in [3.8, 4) is 6.07 Å². The molecular weight excluding hydrogens is 228 g/mol. The highest BCUT2D eigenvalue weighted by molar-refractivity contribution is 6.48. The number of rotatable bonds is 3. The Morgan fingerprint density at radius 1 is 1.41 bits per heavy atom. The topological polar surface area (TPSA) is 45.9 Å². The van der Waals surface area contributed by atoms with Crippen molar-refractivity contribution in [2.75, 3.05) is 0 Å². The van der Waals surface area contributed by atoms with Crippen LogP contribution in [0.1, 0.15) is 38.1 Å². The number of hydrogen-bond donors (Lipinski definition) is 0. The van der Waals surface area contributed by atoms with Gasteiger partial charge < -0.3 is 4.43 Å². The molecule has 0 aliphatic heterocycles. The predicted octanol–water partition coefficient (Wildman–Crippen LogP) is 3.04. The van der Waals surface area contributed by atoms with E-state index < -0.39 is 9.04 Å². The smallest absolute Gasteiger partial charge is 0.171 e. The van der Waals surface area contributed by atoms with Gasteiger partial charge in [-0.05, 0) is 36.2 Å². The quantitative estimate of drug-likeness (QED) is 0.772. The Labute approximate surface area is 105 Å². The summed E-state index contributed by atoms with van der Waals surface area (Å²) in [7, 11) is -1.13. The number of nitrogens with zero attached hydrogens (tertiary/aromatic N) is 2. The average Bonchev–Trinajstić information content (AvgIpc) is 2.24. The van der Waals surface area contributed by atoms with E-state index in [0.29, 0.717) is 5.69 Å². The maximum Gasteiger partial charge on any atom is 0.171 e. The van der Waals surface area contributed by atoms with Crippen LogP contribution in [0.4, 0.5) is 0 Å². The highest BCUT2D eigenvalue weighted by Crippen LogP contribution is 2.36. The Balaban J connectivity index is 3.09. The molecule has 1 rings (SSSR count). The summed E-state index contributed by atoms with van der Waals surface area (Å²) in [5.74, 6) is 0. The van der Waals surface area contributed by atoms with Gasteiger partial charge in [-0.1, -0.05) is 20.8 Å². The van der Waals surface area contributed by atoms with Crippen molar-refractivity contribution in [2.24, 2.45) is 5.41 Å². The summed E-state index contributed by atoms with van der Waals surface area (Å²) in [5, 5.41) is 8.88. The molecule has 1 atom stereocenters. The average molecular weight is 248 g/mol. The molecule has 0 spiro atoms. The fourth-order valence-corrected chi connectivity index (χ4v) is 2.84. The second-order valence-electron chi connectivity index (χ2n) is 5.52. The molecule has 0 fully saturated rings. The van der Waals surface area contributed by atoms with Crippen LogP contribution in [0.2, 0.25) is 13.1 Å². The molecular formula is C13H20N2OSi. The van der Waals surface area contributed by atoms with Crippen molar-refractivity contribution in [1.82, 2.24) is 4.98 Å². The highest BCUT2D eigenvalue weighted by Gasteiger charge is 2.28. The lowest BCUT2D eigenvalue weighted by molar-refractivity contribution is 0.0865. The zero-order valence-corrected chi connectivity index (χ0v) is 12.3. The first-order valence-corrected chi connectivity index (χ1v) is 8.64. The molecule has 0 saturated carbocycles. The Bertz CT molecular complexity index is 418. The summed E-state index contributed by atoms with van der Waals surface area (Å²) in [5.41, 5.74) is 1.52. The normalized spacial score (nSPS) is 13.5. The molecule has 1 aromatic heterocycles. The number of pyridine rings is 1. The van der Waals surface area contributed by atoms with Gasteiger partial charge >= 0.3 is 0 Å². The van der Waals surface area contributed by atoms with Crippen LogP contribution in [0.15, 0.2) is 18.3 Å². The van der Waals surface area contributed by atoms with E-state index in [4.69, 9.17) is 9.69 Å². The van der Waals surface area contributed by atoms with Gasteiger partial charge in [-0.25, -0.2) is 4.98 Å². The minimum Gasteiger partial charge on any atom is -0.413 e. The number of aromatic nitrogens is 1. The first kappa shape index (κ1) is 13.9. The predicted molar refractivity (Wildman–Crippen MR) is 71.1 cm³/mol. The van der Waals surface area contributed by atoms with Crippen LogP contribution < -0.4 is 0 Å². The molecule has 17 heavy (non-hydrogen) atoms. The molecule has 4 heteroatoms. The number of hydrogen-bond acceptors (Lipinski definition) is 3. The Hall–Kier alpha value is -1.18. The zero-order valence-electron chi connectivity index (χ0n) is 11.2. The van der Waals surface area contributed by atoms with E-state index in [1.165, 1.54) is 0 Å². The lowest BCUT2D eigenvalue weighted by Gasteiger charge is -2.33. The van der Waals surface area contributed by atoms with E-state index in [9.17, 15) is 0 Å². The van der Waals surface area contributed by atoms with Gasteiger partial charge in [-0.3, -0.25) is 0 Å². The van der Waals surface area contributed by atoms with Gasteiger partial charge in [-0.2, -0.15) is 5.26 Å².